The third-order valence-corrected chi connectivity index (χ3v) is 7.15. The van der Waals surface area contributed by atoms with Crippen molar-refractivity contribution in [1.29, 1.82) is 0 Å². The second kappa shape index (κ2) is 9.52. The normalized spacial score (nSPS) is 17.9. The van der Waals surface area contributed by atoms with E-state index in [0.29, 0.717) is 18.1 Å². The van der Waals surface area contributed by atoms with Gasteiger partial charge < -0.3 is 0 Å². The second-order valence-electron chi connectivity index (χ2n) is 12.0. The Kier molecular flexibility index (Phi) is 8.01. The topological polar surface area (TPSA) is 21.3 Å². The summed E-state index contributed by atoms with van der Waals surface area (Å²) in [5.74, 6) is 0.711. The fraction of sp³-hybridized carbons (Fsp3) is 0.778. The van der Waals surface area contributed by atoms with Crippen LogP contribution in [0.2, 0.25) is 0 Å². The molecule has 1 aromatic rings. The average molecular weight is 402 g/mol. The standard InChI is InChI=1S/C27H47NO/c1-20(2)18-25(4,5)22-14-16-23(17-15-22)27(8,9)19-26(6,7)21(3)28-29-24-12-10-11-13-24/h14-17,20-21,24,28H,10-13,18-19H2,1-9H3. The molecule has 166 valence electrons. The summed E-state index contributed by atoms with van der Waals surface area (Å²) in [6.45, 7) is 21.1. The number of nitrogens with one attached hydrogen (secondary N) is 1. The largest absolute Gasteiger partial charge is 0.298 e. The molecule has 1 atom stereocenters. The molecule has 0 radical (unpaired) electrons. The van der Waals surface area contributed by atoms with E-state index in [1.54, 1.807) is 0 Å². The van der Waals surface area contributed by atoms with Crippen LogP contribution >= 0.6 is 0 Å². The molecule has 1 unspecified atom stereocenters. The van der Waals surface area contributed by atoms with Gasteiger partial charge in [0.05, 0.1) is 6.10 Å². The quantitative estimate of drug-likeness (QED) is 0.408. The first-order chi connectivity index (χ1) is 13.3. The van der Waals surface area contributed by atoms with E-state index in [9.17, 15) is 0 Å². The number of rotatable bonds is 10. The molecule has 2 heteroatoms. The van der Waals surface area contributed by atoms with Crippen LogP contribution in [-0.2, 0) is 15.7 Å². The van der Waals surface area contributed by atoms with E-state index in [1.807, 2.05) is 0 Å². The summed E-state index contributed by atoms with van der Waals surface area (Å²) in [4.78, 5) is 6.01. The first-order valence-electron chi connectivity index (χ1n) is 11.9. The van der Waals surface area contributed by atoms with Crippen molar-refractivity contribution in [1.82, 2.24) is 5.48 Å². The molecule has 2 rings (SSSR count). The number of benzene rings is 1. The van der Waals surface area contributed by atoms with E-state index in [-0.39, 0.29) is 16.2 Å². The molecule has 1 aliphatic rings. The first kappa shape index (κ1) is 24.4. The van der Waals surface area contributed by atoms with Crippen molar-refractivity contribution in [3.05, 3.63) is 35.4 Å². The molecule has 2 nitrogen and oxygen atoms in total. The van der Waals surface area contributed by atoms with Crippen LogP contribution in [0.25, 0.3) is 0 Å². The molecule has 1 fully saturated rings. The van der Waals surface area contributed by atoms with Crippen molar-refractivity contribution in [2.75, 3.05) is 0 Å². The fourth-order valence-corrected chi connectivity index (χ4v) is 5.27. The highest BCUT2D eigenvalue weighted by molar-refractivity contribution is 5.32. The lowest BCUT2D eigenvalue weighted by molar-refractivity contribution is -0.0615. The van der Waals surface area contributed by atoms with Crippen LogP contribution in [0, 0.1) is 11.3 Å². The Labute approximate surface area is 181 Å². The van der Waals surface area contributed by atoms with Crippen LogP contribution in [0.3, 0.4) is 0 Å². The molecular formula is C27H47NO. The molecule has 0 heterocycles. The Bertz CT molecular complexity index is 620. The van der Waals surface area contributed by atoms with Gasteiger partial charge in [0.1, 0.15) is 0 Å². The highest BCUT2D eigenvalue weighted by Gasteiger charge is 2.35. The molecule has 1 saturated carbocycles. The zero-order chi connectivity index (χ0) is 21.9. The van der Waals surface area contributed by atoms with Crippen molar-refractivity contribution in [3.8, 4) is 0 Å². The Morgan fingerprint density at radius 1 is 0.862 bits per heavy atom. The van der Waals surface area contributed by atoms with E-state index in [4.69, 9.17) is 4.84 Å². The molecule has 1 aliphatic carbocycles. The summed E-state index contributed by atoms with van der Waals surface area (Å²) in [6, 6.07) is 9.75. The summed E-state index contributed by atoms with van der Waals surface area (Å²) in [5.41, 5.74) is 6.75. The Hall–Kier alpha value is -0.860. The van der Waals surface area contributed by atoms with Crippen LogP contribution < -0.4 is 5.48 Å². The molecule has 0 spiro atoms. The van der Waals surface area contributed by atoms with Gasteiger partial charge in [0.25, 0.3) is 0 Å². The van der Waals surface area contributed by atoms with Gasteiger partial charge in [0.2, 0.25) is 0 Å². The van der Waals surface area contributed by atoms with Crippen molar-refractivity contribution in [2.24, 2.45) is 11.3 Å². The Balaban J connectivity index is 2.02. The van der Waals surface area contributed by atoms with Gasteiger partial charge in [-0.05, 0) is 65.9 Å². The average Bonchev–Trinajstić information content (AvgIpc) is 3.11. The lowest BCUT2D eigenvalue weighted by atomic mass is 9.68. The van der Waals surface area contributed by atoms with Gasteiger partial charge in [-0.2, -0.15) is 5.48 Å². The molecule has 0 amide bonds. The predicted octanol–water partition coefficient (Wildman–Crippen LogP) is 7.56. The third kappa shape index (κ3) is 6.82. The maximum atomic E-state index is 6.01. The van der Waals surface area contributed by atoms with Gasteiger partial charge in [0, 0.05) is 6.04 Å². The summed E-state index contributed by atoms with van der Waals surface area (Å²) >= 11 is 0. The van der Waals surface area contributed by atoms with E-state index < -0.39 is 0 Å². The highest BCUT2D eigenvalue weighted by atomic mass is 16.7. The number of hydrogen-bond donors (Lipinski definition) is 1. The van der Waals surface area contributed by atoms with Crippen molar-refractivity contribution < 1.29 is 4.84 Å². The highest BCUT2D eigenvalue weighted by Crippen LogP contribution is 2.40. The number of hydrogen-bond acceptors (Lipinski definition) is 2. The smallest absolute Gasteiger partial charge is 0.0790 e. The van der Waals surface area contributed by atoms with Crippen LogP contribution in [0.4, 0.5) is 0 Å². The second-order valence-corrected chi connectivity index (χ2v) is 12.0. The zero-order valence-electron chi connectivity index (χ0n) is 20.7. The third-order valence-electron chi connectivity index (χ3n) is 7.15. The SMILES string of the molecule is CC(C)CC(C)(C)c1ccc(C(C)(C)CC(C)(C)C(C)NOC2CCCC2)cc1. The minimum absolute atomic E-state index is 0.119. The molecule has 1 aromatic carbocycles. The maximum absolute atomic E-state index is 6.01. The molecule has 0 aliphatic heterocycles. The first-order valence-corrected chi connectivity index (χ1v) is 11.9. The summed E-state index contributed by atoms with van der Waals surface area (Å²) in [7, 11) is 0. The van der Waals surface area contributed by atoms with E-state index in [0.717, 1.165) is 6.42 Å². The monoisotopic (exact) mass is 401 g/mol. The van der Waals surface area contributed by atoms with Crippen LogP contribution in [0.1, 0.15) is 112 Å². The van der Waals surface area contributed by atoms with Crippen LogP contribution in [0.15, 0.2) is 24.3 Å². The lowest BCUT2D eigenvalue weighted by Crippen LogP contribution is -2.44. The van der Waals surface area contributed by atoms with Gasteiger partial charge in [0.15, 0.2) is 0 Å². The van der Waals surface area contributed by atoms with Crippen LogP contribution in [0.5, 0.6) is 0 Å². The Morgan fingerprint density at radius 2 is 1.34 bits per heavy atom. The number of hydroxylamine groups is 1. The van der Waals surface area contributed by atoms with Gasteiger partial charge in [-0.15, -0.1) is 0 Å². The van der Waals surface area contributed by atoms with Crippen molar-refractivity contribution in [2.45, 2.75) is 124 Å². The summed E-state index contributed by atoms with van der Waals surface area (Å²) in [5, 5.41) is 0. The van der Waals surface area contributed by atoms with Crippen LogP contribution in [-0.4, -0.2) is 12.1 Å². The molecule has 29 heavy (non-hydrogen) atoms. The summed E-state index contributed by atoms with van der Waals surface area (Å²) < 4.78 is 0. The van der Waals surface area contributed by atoms with Crippen molar-refractivity contribution >= 4 is 0 Å². The maximum Gasteiger partial charge on any atom is 0.0790 e. The lowest BCUT2D eigenvalue weighted by Gasteiger charge is -2.40. The van der Waals surface area contributed by atoms with E-state index in [2.05, 4.69) is 92.1 Å². The van der Waals surface area contributed by atoms with E-state index >= 15 is 0 Å². The predicted molar refractivity (Wildman–Crippen MR) is 126 cm³/mol. The van der Waals surface area contributed by atoms with E-state index in [1.165, 1.54) is 43.2 Å². The van der Waals surface area contributed by atoms with Crippen molar-refractivity contribution in [3.63, 3.8) is 0 Å². The minimum atomic E-state index is 0.119. The van der Waals surface area contributed by atoms with Gasteiger partial charge in [-0.3, -0.25) is 4.84 Å². The minimum Gasteiger partial charge on any atom is -0.298 e. The summed E-state index contributed by atoms with van der Waals surface area (Å²) in [6.07, 6.45) is 7.74. The van der Waals surface area contributed by atoms with Gasteiger partial charge >= 0.3 is 0 Å². The molecular weight excluding hydrogens is 354 g/mol. The Morgan fingerprint density at radius 3 is 1.83 bits per heavy atom. The van der Waals surface area contributed by atoms with Gasteiger partial charge in [-0.1, -0.05) is 92.5 Å². The molecule has 0 bridgehead atoms. The molecule has 0 aromatic heterocycles. The fourth-order valence-electron chi connectivity index (χ4n) is 5.27. The molecule has 0 saturated heterocycles. The molecule has 1 N–H and O–H groups in total. The zero-order valence-corrected chi connectivity index (χ0v) is 20.7. The van der Waals surface area contributed by atoms with Gasteiger partial charge in [-0.25, -0.2) is 0 Å².